The number of likely N-dealkylation sites (tertiary alicyclic amines) is 1. The number of carbonyl (C=O) groups is 3. The number of hydrogen-bond donors (Lipinski definition) is 3. The van der Waals surface area contributed by atoms with E-state index in [0.29, 0.717) is 0 Å². The molecule has 0 aromatic carbocycles. The molecule has 3 amide bonds. The van der Waals surface area contributed by atoms with Gasteiger partial charge in [0.2, 0.25) is 17.7 Å². The van der Waals surface area contributed by atoms with Crippen LogP contribution in [0.15, 0.2) is 12.2 Å². The molecule has 0 aromatic rings. The van der Waals surface area contributed by atoms with Gasteiger partial charge in [-0.25, -0.2) is 0 Å². The standard InChI is InChI=1S/C19H31N3O4/c1-5-6-12-7-8-13-15(14(12)17(24)20-4)19(26)22(9-10-23)16(13)18(25)21-11(2)3/h7-8,11-16,23H,5-6,9-10H2,1-4H3,(H,20,24)(H,21,25)/t12-,13+,14-,15-,16+/m1/s1. The van der Waals surface area contributed by atoms with Gasteiger partial charge >= 0.3 is 0 Å². The Morgan fingerprint density at radius 2 is 1.96 bits per heavy atom. The van der Waals surface area contributed by atoms with Gasteiger partial charge in [-0.3, -0.25) is 14.4 Å². The van der Waals surface area contributed by atoms with Crippen molar-refractivity contribution in [2.45, 2.75) is 45.7 Å². The van der Waals surface area contributed by atoms with Gasteiger partial charge in [0.25, 0.3) is 0 Å². The molecule has 0 radical (unpaired) electrons. The highest BCUT2D eigenvalue weighted by atomic mass is 16.3. The van der Waals surface area contributed by atoms with Crippen LogP contribution in [0.25, 0.3) is 0 Å². The topological polar surface area (TPSA) is 98.7 Å². The molecule has 0 spiro atoms. The number of nitrogens with one attached hydrogen (secondary N) is 2. The molecule has 1 fully saturated rings. The lowest BCUT2D eigenvalue weighted by molar-refractivity contribution is -0.141. The molecule has 0 saturated carbocycles. The molecule has 0 aromatic heterocycles. The molecule has 7 heteroatoms. The first-order valence-corrected chi connectivity index (χ1v) is 9.48. The third-order valence-electron chi connectivity index (χ3n) is 5.32. The van der Waals surface area contributed by atoms with Crippen LogP contribution in [0.3, 0.4) is 0 Å². The van der Waals surface area contributed by atoms with Crippen molar-refractivity contribution in [3.63, 3.8) is 0 Å². The summed E-state index contributed by atoms with van der Waals surface area (Å²) in [5, 5.41) is 15.0. The Hall–Kier alpha value is -1.89. The molecule has 1 aliphatic carbocycles. The van der Waals surface area contributed by atoms with E-state index < -0.39 is 17.9 Å². The minimum Gasteiger partial charge on any atom is -0.395 e. The first kappa shape index (κ1) is 20.4. The third kappa shape index (κ3) is 3.77. The van der Waals surface area contributed by atoms with Gasteiger partial charge in [-0.1, -0.05) is 25.5 Å². The van der Waals surface area contributed by atoms with Gasteiger partial charge in [-0.2, -0.15) is 0 Å². The Morgan fingerprint density at radius 3 is 2.50 bits per heavy atom. The van der Waals surface area contributed by atoms with Crippen LogP contribution in [-0.2, 0) is 14.4 Å². The second kappa shape index (κ2) is 8.66. The first-order valence-electron chi connectivity index (χ1n) is 9.48. The summed E-state index contributed by atoms with van der Waals surface area (Å²) in [4.78, 5) is 39.9. The largest absolute Gasteiger partial charge is 0.395 e. The van der Waals surface area contributed by atoms with Gasteiger partial charge in [0.05, 0.1) is 18.4 Å². The maximum atomic E-state index is 13.1. The summed E-state index contributed by atoms with van der Waals surface area (Å²) in [5.74, 6) is -2.04. The molecule has 1 aliphatic heterocycles. The maximum absolute atomic E-state index is 13.1. The fraction of sp³-hybridized carbons (Fsp3) is 0.737. The molecule has 1 heterocycles. The summed E-state index contributed by atoms with van der Waals surface area (Å²) < 4.78 is 0. The van der Waals surface area contributed by atoms with E-state index in [0.717, 1.165) is 12.8 Å². The van der Waals surface area contributed by atoms with Crippen LogP contribution < -0.4 is 10.6 Å². The van der Waals surface area contributed by atoms with E-state index in [4.69, 9.17) is 0 Å². The molecule has 2 aliphatic rings. The molecule has 146 valence electrons. The smallest absolute Gasteiger partial charge is 0.243 e. The van der Waals surface area contributed by atoms with E-state index >= 15 is 0 Å². The van der Waals surface area contributed by atoms with E-state index in [2.05, 4.69) is 10.6 Å². The lowest BCUT2D eigenvalue weighted by Gasteiger charge is -2.34. The average Bonchev–Trinajstić information content (AvgIpc) is 2.87. The van der Waals surface area contributed by atoms with Gasteiger partial charge in [0.15, 0.2) is 0 Å². The molecule has 0 bridgehead atoms. The molecule has 26 heavy (non-hydrogen) atoms. The Morgan fingerprint density at radius 1 is 1.27 bits per heavy atom. The van der Waals surface area contributed by atoms with Crippen molar-refractivity contribution in [2.24, 2.45) is 23.7 Å². The summed E-state index contributed by atoms with van der Waals surface area (Å²) in [6, 6.07) is -0.740. The van der Waals surface area contributed by atoms with E-state index in [1.165, 1.54) is 4.90 Å². The number of hydrogen-bond acceptors (Lipinski definition) is 4. The second-order valence-corrected chi connectivity index (χ2v) is 7.44. The van der Waals surface area contributed by atoms with Crippen LogP contribution in [-0.4, -0.2) is 60.0 Å². The molecule has 3 N–H and O–H groups in total. The van der Waals surface area contributed by atoms with Crippen molar-refractivity contribution in [3.8, 4) is 0 Å². The van der Waals surface area contributed by atoms with Crippen molar-refractivity contribution in [1.82, 2.24) is 15.5 Å². The summed E-state index contributed by atoms with van der Waals surface area (Å²) in [6.07, 6.45) is 5.65. The number of fused-ring (bicyclic) bond motifs is 1. The number of allylic oxidation sites excluding steroid dienone is 1. The lowest BCUT2D eigenvalue weighted by atomic mass is 9.68. The van der Waals surface area contributed by atoms with E-state index in [-0.39, 0.29) is 48.8 Å². The van der Waals surface area contributed by atoms with E-state index in [9.17, 15) is 19.5 Å². The zero-order valence-corrected chi connectivity index (χ0v) is 16.1. The molecular formula is C19H31N3O4. The maximum Gasteiger partial charge on any atom is 0.243 e. The minimum atomic E-state index is -0.687. The predicted octanol–water partition coefficient (Wildman–Crippen LogP) is 0.295. The number of rotatable bonds is 7. The fourth-order valence-corrected chi connectivity index (χ4v) is 4.35. The monoisotopic (exact) mass is 365 g/mol. The van der Waals surface area contributed by atoms with Crippen molar-refractivity contribution >= 4 is 17.7 Å². The van der Waals surface area contributed by atoms with Crippen LogP contribution in [0.1, 0.15) is 33.6 Å². The minimum absolute atomic E-state index is 0.0203. The lowest BCUT2D eigenvalue weighted by Crippen LogP contribution is -2.49. The third-order valence-corrected chi connectivity index (χ3v) is 5.32. The molecule has 5 atom stereocenters. The van der Waals surface area contributed by atoms with Gasteiger partial charge in [-0.15, -0.1) is 0 Å². The van der Waals surface area contributed by atoms with Crippen molar-refractivity contribution in [2.75, 3.05) is 20.2 Å². The summed E-state index contributed by atoms with van der Waals surface area (Å²) in [5.41, 5.74) is 0. The zero-order chi connectivity index (χ0) is 19.4. The quantitative estimate of drug-likeness (QED) is 0.565. The number of nitrogens with zero attached hydrogens (tertiary/aromatic N) is 1. The molecule has 2 rings (SSSR count). The summed E-state index contributed by atoms with van der Waals surface area (Å²) in [6.45, 7) is 5.65. The number of aliphatic hydroxyl groups excluding tert-OH is 1. The van der Waals surface area contributed by atoms with Crippen LogP contribution in [0.5, 0.6) is 0 Å². The van der Waals surface area contributed by atoms with Gasteiger partial charge in [0, 0.05) is 25.6 Å². The van der Waals surface area contributed by atoms with Crippen molar-refractivity contribution in [1.29, 1.82) is 0 Å². The summed E-state index contributed by atoms with van der Waals surface area (Å²) >= 11 is 0. The highest BCUT2D eigenvalue weighted by Crippen LogP contribution is 2.45. The van der Waals surface area contributed by atoms with E-state index in [1.54, 1.807) is 7.05 Å². The predicted molar refractivity (Wildman–Crippen MR) is 97.9 cm³/mol. The number of amides is 3. The highest BCUT2D eigenvalue weighted by Gasteiger charge is 2.56. The van der Waals surface area contributed by atoms with Crippen LogP contribution >= 0.6 is 0 Å². The average molecular weight is 365 g/mol. The Kier molecular flexibility index (Phi) is 6.81. The summed E-state index contributed by atoms with van der Waals surface area (Å²) in [7, 11) is 1.58. The molecule has 0 unspecified atom stereocenters. The van der Waals surface area contributed by atoms with Gasteiger partial charge < -0.3 is 20.6 Å². The van der Waals surface area contributed by atoms with Crippen molar-refractivity contribution in [3.05, 3.63) is 12.2 Å². The Bertz CT molecular complexity index is 575. The molecule has 7 nitrogen and oxygen atoms in total. The van der Waals surface area contributed by atoms with Gasteiger partial charge in [-0.05, 0) is 26.2 Å². The molecule has 1 saturated heterocycles. The first-order chi connectivity index (χ1) is 12.4. The normalized spacial score (nSPS) is 30.5. The Balaban J connectivity index is 2.43. The SMILES string of the molecule is CCC[C@@H]1C=C[C@H]2[C@@H](C(=O)N(CCO)[C@@H]2C(=O)NC(C)C)[C@@H]1C(=O)NC. The Labute approximate surface area is 155 Å². The molecular weight excluding hydrogens is 334 g/mol. The van der Waals surface area contributed by atoms with Crippen LogP contribution in [0.2, 0.25) is 0 Å². The van der Waals surface area contributed by atoms with Crippen LogP contribution in [0, 0.1) is 23.7 Å². The van der Waals surface area contributed by atoms with Gasteiger partial charge in [0.1, 0.15) is 6.04 Å². The number of β-amino-alcohol motifs (C(OH)–C–C–N with tert-alkyl or cyclic N) is 1. The number of aliphatic hydroxyl groups is 1. The fourth-order valence-electron chi connectivity index (χ4n) is 4.35. The van der Waals surface area contributed by atoms with Crippen molar-refractivity contribution < 1.29 is 19.5 Å². The second-order valence-electron chi connectivity index (χ2n) is 7.44. The van der Waals surface area contributed by atoms with Crippen LogP contribution in [0.4, 0.5) is 0 Å². The number of carbonyl (C=O) groups excluding carboxylic acids is 3. The zero-order valence-electron chi connectivity index (χ0n) is 16.1. The van der Waals surface area contributed by atoms with E-state index in [1.807, 2.05) is 32.9 Å². The highest BCUT2D eigenvalue weighted by molar-refractivity contribution is 5.96.